The number of anilines is 1. The number of rotatable bonds is 6. The molecule has 0 unspecified atom stereocenters. The highest BCUT2D eigenvalue weighted by Gasteiger charge is 2.17. The molecule has 5 nitrogen and oxygen atoms in total. The van der Waals surface area contributed by atoms with Crippen molar-refractivity contribution in [2.24, 2.45) is 13.0 Å². The van der Waals surface area contributed by atoms with Crippen molar-refractivity contribution in [1.29, 1.82) is 0 Å². The summed E-state index contributed by atoms with van der Waals surface area (Å²) < 4.78 is 1.54. The molecule has 0 bridgehead atoms. The van der Waals surface area contributed by atoms with Gasteiger partial charge in [-0.05, 0) is 19.3 Å². The van der Waals surface area contributed by atoms with Gasteiger partial charge in [-0.15, -0.1) is 0 Å². The van der Waals surface area contributed by atoms with Crippen molar-refractivity contribution in [3.63, 3.8) is 0 Å². The van der Waals surface area contributed by atoms with Crippen molar-refractivity contribution in [2.75, 3.05) is 12.3 Å². The number of amides is 1. The largest absolute Gasteiger partial charge is 0.395 e. The number of nitrogens with zero attached hydrogens (tertiary/aromatic N) is 2. The van der Waals surface area contributed by atoms with Crippen LogP contribution in [0.15, 0.2) is 0 Å². The average molecular weight is 252 g/mol. The quantitative estimate of drug-likeness (QED) is 0.759. The Morgan fingerprint density at radius 1 is 1.44 bits per heavy atom. The normalized spacial score (nSPS) is 10.9. The van der Waals surface area contributed by atoms with Crippen LogP contribution in [0.2, 0.25) is 0 Å². The summed E-state index contributed by atoms with van der Waals surface area (Å²) in [6, 6.07) is 0. The summed E-state index contributed by atoms with van der Waals surface area (Å²) in [5.74, 6) is 0.580. The van der Waals surface area contributed by atoms with Gasteiger partial charge in [0.1, 0.15) is 5.69 Å². The summed E-state index contributed by atoms with van der Waals surface area (Å²) in [5, 5.41) is 7.02. The number of carbonyl (C=O) groups is 1. The van der Waals surface area contributed by atoms with Crippen molar-refractivity contribution in [2.45, 2.75) is 40.0 Å². The van der Waals surface area contributed by atoms with E-state index in [4.69, 9.17) is 5.73 Å². The lowest BCUT2D eigenvalue weighted by molar-refractivity contribution is 0.0944. The van der Waals surface area contributed by atoms with Gasteiger partial charge in [-0.3, -0.25) is 9.48 Å². The lowest BCUT2D eigenvalue weighted by Gasteiger charge is -2.07. The highest BCUT2D eigenvalue weighted by Crippen LogP contribution is 2.14. The molecule has 0 aromatic carbocycles. The highest BCUT2D eigenvalue weighted by atomic mass is 16.2. The third kappa shape index (κ3) is 3.75. The van der Waals surface area contributed by atoms with E-state index in [-0.39, 0.29) is 5.91 Å². The van der Waals surface area contributed by atoms with Crippen LogP contribution in [0.4, 0.5) is 5.69 Å². The molecule has 0 spiro atoms. The Labute approximate surface area is 109 Å². The second-order valence-electron chi connectivity index (χ2n) is 5.12. The van der Waals surface area contributed by atoms with Crippen LogP contribution in [-0.2, 0) is 7.05 Å². The minimum Gasteiger partial charge on any atom is -0.395 e. The van der Waals surface area contributed by atoms with E-state index in [1.807, 2.05) is 0 Å². The van der Waals surface area contributed by atoms with E-state index in [1.54, 1.807) is 14.0 Å². The Hall–Kier alpha value is -1.52. The zero-order chi connectivity index (χ0) is 13.7. The Morgan fingerprint density at radius 2 is 2.11 bits per heavy atom. The van der Waals surface area contributed by atoms with E-state index < -0.39 is 0 Å². The first-order chi connectivity index (χ1) is 8.43. The first-order valence-corrected chi connectivity index (χ1v) is 6.50. The van der Waals surface area contributed by atoms with Gasteiger partial charge in [0.25, 0.3) is 5.91 Å². The Morgan fingerprint density at radius 3 is 2.61 bits per heavy atom. The van der Waals surface area contributed by atoms with Crippen LogP contribution in [0.3, 0.4) is 0 Å². The molecule has 1 aromatic rings. The minimum absolute atomic E-state index is 0.139. The maximum Gasteiger partial charge on any atom is 0.271 e. The second-order valence-corrected chi connectivity index (χ2v) is 5.12. The molecular formula is C13H24N4O. The molecule has 0 saturated heterocycles. The van der Waals surface area contributed by atoms with Crippen molar-refractivity contribution < 1.29 is 4.79 Å². The third-order valence-electron chi connectivity index (χ3n) is 2.98. The zero-order valence-electron chi connectivity index (χ0n) is 11.8. The van der Waals surface area contributed by atoms with Gasteiger partial charge in [0.2, 0.25) is 0 Å². The van der Waals surface area contributed by atoms with E-state index in [0.29, 0.717) is 23.6 Å². The van der Waals surface area contributed by atoms with E-state index in [1.165, 1.54) is 11.1 Å². The lowest BCUT2D eigenvalue weighted by atomic mass is 10.1. The maximum atomic E-state index is 11.9. The number of unbranched alkanes of at least 4 members (excludes halogenated alkanes) is 1. The van der Waals surface area contributed by atoms with Gasteiger partial charge in [-0.25, -0.2) is 0 Å². The molecule has 102 valence electrons. The van der Waals surface area contributed by atoms with Crippen LogP contribution in [0.25, 0.3) is 0 Å². The fraction of sp³-hybridized carbons (Fsp3) is 0.692. The molecule has 1 amide bonds. The van der Waals surface area contributed by atoms with Gasteiger partial charge < -0.3 is 11.1 Å². The molecule has 0 fully saturated rings. The smallest absolute Gasteiger partial charge is 0.271 e. The van der Waals surface area contributed by atoms with E-state index in [2.05, 4.69) is 24.3 Å². The molecule has 0 saturated carbocycles. The van der Waals surface area contributed by atoms with Crippen LogP contribution in [0, 0.1) is 12.8 Å². The van der Waals surface area contributed by atoms with Crippen molar-refractivity contribution in [3.05, 3.63) is 11.4 Å². The zero-order valence-corrected chi connectivity index (χ0v) is 11.8. The monoisotopic (exact) mass is 252 g/mol. The number of hydrogen-bond acceptors (Lipinski definition) is 3. The van der Waals surface area contributed by atoms with Gasteiger partial charge in [0.15, 0.2) is 0 Å². The van der Waals surface area contributed by atoms with Gasteiger partial charge in [-0.1, -0.05) is 26.7 Å². The topological polar surface area (TPSA) is 72.9 Å². The van der Waals surface area contributed by atoms with Crippen LogP contribution in [-0.4, -0.2) is 22.2 Å². The molecule has 5 heteroatoms. The van der Waals surface area contributed by atoms with E-state index in [9.17, 15) is 4.79 Å². The maximum absolute atomic E-state index is 11.9. The summed E-state index contributed by atoms with van der Waals surface area (Å²) in [6.45, 7) is 6.90. The molecular weight excluding hydrogens is 228 g/mol. The Bertz CT molecular complexity index is 409. The number of nitrogen functional groups attached to an aromatic ring is 1. The van der Waals surface area contributed by atoms with Gasteiger partial charge >= 0.3 is 0 Å². The highest BCUT2D eigenvalue weighted by molar-refractivity contribution is 5.97. The molecule has 0 radical (unpaired) electrons. The second kappa shape index (κ2) is 6.42. The predicted octanol–water partition coefficient (Wildman–Crippen LogP) is 1.87. The van der Waals surface area contributed by atoms with Crippen LogP contribution in [0.1, 0.15) is 49.3 Å². The third-order valence-corrected chi connectivity index (χ3v) is 2.98. The Kier molecular flexibility index (Phi) is 5.19. The van der Waals surface area contributed by atoms with Crippen molar-refractivity contribution >= 4 is 11.6 Å². The van der Waals surface area contributed by atoms with Crippen LogP contribution < -0.4 is 11.1 Å². The van der Waals surface area contributed by atoms with Gasteiger partial charge in [-0.2, -0.15) is 5.10 Å². The first-order valence-electron chi connectivity index (χ1n) is 6.50. The Balaban J connectivity index is 2.41. The standard InChI is InChI=1S/C13H24N4O/c1-9(2)7-5-6-8-15-13(18)12-11(14)10(3)16-17(12)4/h9H,5-8,14H2,1-4H3,(H,15,18). The molecule has 1 aromatic heterocycles. The van der Waals surface area contributed by atoms with Gasteiger partial charge in [0, 0.05) is 13.6 Å². The van der Waals surface area contributed by atoms with Gasteiger partial charge in [0.05, 0.1) is 11.4 Å². The summed E-state index contributed by atoms with van der Waals surface area (Å²) in [5.41, 5.74) is 7.45. The minimum atomic E-state index is -0.139. The first kappa shape index (κ1) is 14.5. The molecule has 1 heterocycles. The summed E-state index contributed by atoms with van der Waals surface area (Å²) in [6.07, 6.45) is 3.33. The SMILES string of the molecule is Cc1nn(C)c(C(=O)NCCCCC(C)C)c1N. The average Bonchev–Trinajstić information content (AvgIpc) is 2.52. The molecule has 0 atom stereocenters. The number of carbonyl (C=O) groups excluding carboxylic acids is 1. The fourth-order valence-corrected chi connectivity index (χ4v) is 1.91. The van der Waals surface area contributed by atoms with E-state index >= 15 is 0 Å². The van der Waals surface area contributed by atoms with Crippen molar-refractivity contribution in [3.8, 4) is 0 Å². The fourth-order valence-electron chi connectivity index (χ4n) is 1.91. The lowest BCUT2D eigenvalue weighted by Crippen LogP contribution is -2.27. The van der Waals surface area contributed by atoms with Crippen molar-refractivity contribution in [1.82, 2.24) is 15.1 Å². The predicted molar refractivity (Wildman–Crippen MR) is 73.4 cm³/mol. The van der Waals surface area contributed by atoms with Crippen LogP contribution >= 0.6 is 0 Å². The number of aromatic nitrogens is 2. The molecule has 0 aliphatic rings. The molecule has 3 N–H and O–H groups in total. The number of nitrogens with two attached hydrogens (primary N) is 1. The number of nitrogens with one attached hydrogen (secondary N) is 1. The van der Waals surface area contributed by atoms with E-state index in [0.717, 1.165) is 18.8 Å². The molecule has 18 heavy (non-hydrogen) atoms. The van der Waals surface area contributed by atoms with Crippen LogP contribution in [0.5, 0.6) is 0 Å². The molecule has 1 rings (SSSR count). The molecule has 0 aliphatic carbocycles. The summed E-state index contributed by atoms with van der Waals surface area (Å²) in [4.78, 5) is 11.9. The summed E-state index contributed by atoms with van der Waals surface area (Å²) >= 11 is 0. The summed E-state index contributed by atoms with van der Waals surface area (Å²) in [7, 11) is 1.73. The number of hydrogen-bond donors (Lipinski definition) is 2. The number of aryl methyl sites for hydroxylation is 2. The molecule has 0 aliphatic heterocycles.